The van der Waals surface area contributed by atoms with E-state index >= 15 is 0 Å². The van der Waals surface area contributed by atoms with Gasteiger partial charge in [-0.15, -0.1) is 0 Å². The van der Waals surface area contributed by atoms with Gasteiger partial charge in [0.1, 0.15) is 5.75 Å². The SMILES string of the molecule is O=C(CN(Cc1cccc(Cl)c1)S(=O)(=O)c1ccc(Cl)cc1)N/N=C\c1cccc(O)c1. The highest BCUT2D eigenvalue weighted by Crippen LogP contribution is 2.21. The Morgan fingerprint density at radius 2 is 1.72 bits per heavy atom. The van der Waals surface area contributed by atoms with E-state index in [-0.39, 0.29) is 17.2 Å². The molecule has 2 N–H and O–H groups in total. The lowest BCUT2D eigenvalue weighted by Gasteiger charge is -2.21. The van der Waals surface area contributed by atoms with Crippen molar-refractivity contribution in [2.45, 2.75) is 11.4 Å². The van der Waals surface area contributed by atoms with E-state index in [1.807, 2.05) is 0 Å². The first-order valence-corrected chi connectivity index (χ1v) is 11.5. The number of benzene rings is 3. The molecule has 3 rings (SSSR count). The Morgan fingerprint density at radius 1 is 1.00 bits per heavy atom. The average Bonchev–Trinajstić information content (AvgIpc) is 2.74. The zero-order valence-corrected chi connectivity index (χ0v) is 19.0. The predicted octanol–water partition coefficient (Wildman–Crippen LogP) is 4.04. The van der Waals surface area contributed by atoms with Crippen LogP contribution < -0.4 is 5.43 Å². The van der Waals surface area contributed by atoms with Crippen LogP contribution in [0.1, 0.15) is 11.1 Å². The summed E-state index contributed by atoms with van der Waals surface area (Å²) in [4.78, 5) is 12.5. The van der Waals surface area contributed by atoms with Crippen molar-refractivity contribution in [3.05, 3.63) is 94.0 Å². The topological polar surface area (TPSA) is 99.1 Å². The minimum absolute atomic E-state index is 0.00000917. The largest absolute Gasteiger partial charge is 0.508 e. The third-order valence-electron chi connectivity index (χ3n) is 4.29. The van der Waals surface area contributed by atoms with Gasteiger partial charge in [0.15, 0.2) is 0 Å². The van der Waals surface area contributed by atoms with Crippen LogP contribution in [0.4, 0.5) is 0 Å². The zero-order valence-electron chi connectivity index (χ0n) is 16.7. The molecular weight excluding hydrogens is 473 g/mol. The van der Waals surface area contributed by atoms with Crippen LogP contribution in [-0.4, -0.2) is 36.5 Å². The van der Waals surface area contributed by atoms with Gasteiger partial charge in [0.05, 0.1) is 17.7 Å². The molecule has 0 spiro atoms. The van der Waals surface area contributed by atoms with Gasteiger partial charge >= 0.3 is 0 Å². The average molecular weight is 492 g/mol. The van der Waals surface area contributed by atoms with Crippen molar-refractivity contribution in [2.24, 2.45) is 5.10 Å². The van der Waals surface area contributed by atoms with Crippen LogP contribution in [0.2, 0.25) is 10.0 Å². The second-order valence-corrected chi connectivity index (χ2v) is 9.56. The number of nitrogens with one attached hydrogen (secondary N) is 1. The minimum atomic E-state index is -4.02. The van der Waals surface area contributed by atoms with Crippen molar-refractivity contribution < 1.29 is 18.3 Å². The Morgan fingerprint density at radius 3 is 2.41 bits per heavy atom. The third-order valence-corrected chi connectivity index (χ3v) is 6.59. The predicted molar refractivity (Wildman–Crippen MR) is 124 cm³/mol. The number of hydrogen-bond donors (Lipinski definition) is 2. The van der Waals surface area contributed by atoms with Gasteiger partial charge in [-0.25, -0.2) is 13.8 Å². The molecule has 0 aliphatic heterocycles. The molecule has 0 aliphatic carbocycles. The van der Waals surface area contributed by atoms with E-state index in [2.05, 4.69) is 10.5 Å². The maximum atomic E-state index is 13.2. The van der Waals surface area contributed by atoms with E-state index in [1.165, 1.54) is 42.6 Å². The van der Waals surface area contributed by atoms with E-state index in [0.717, 1.165) is 4.31 Å². The number of phenolic OH excluding ortho intramolecular Hbond substituents is 1. The van der Waals surface area contributed by atoms with Crippen molar-refractivity contribution in [3.8, 4) is 5.75 Å². The van der Waals surface area contributed by atoms with Crippen molar-refractivity contribution in [2.75, 3.05) is 6.54 Å². The molecule has 0 bridgehead atoms. The normalized spacial score (nSPS) is 11.7. The van der Waals surface area contributed by atoms with E-state index in [9.17, 15) is 18.3 Å². The molecule has 166 valence electrons. The number of carbonyl (C=O) groups is 1. The van der Waals surface area contributed by atoms with Crippen LogP contribution in [0, 0.1) is 0 Å². The first kappa shape index (κ1) is 23.7. The van der Waals surface area contributed by atoms with Gasteiger partial charge < -0.3 is 5.11 Å². The summed E-state index contributed by atoms with van der Waals surface area (Å²) in [5, 5.41) is 14.1. The van der Waals surface area contributed by atoms with Crippen LogP contribution >= 0.6 is 23.2 Å². The van der Waals surface area contributed by atoms with Gasteiger partial charge in [0.25, 0.3) is 5.91 Å². The lowest BCUT2D eigenvalue weighted by atomic mass is 10.2. The van der Waals surface area contributed by atoms with Crippen LogP contribution in [0.5, 0.6) is 5.75 Å². The number of hydrazone groups is 1. The van der Waals surface area contributed by atoms with Crippen molar-refractivity contribution in [3.63, 3.8) is 0 Å². The molecule has 0 unspecified atom stereocenters. The molecule has 0 heterocycles. The highest BCUT2D eigenvalue weighted by atomic mass is 35.5. The molecule has 7 nitrogen and oxygen atoms in total. The van der Waals surface area contributed by atoms with E-state index in [0.29, 0.717) is 21.2 Å². The van der Waals surface area contributed by atoms with Crippen molar-refractivity contribution in [1.29, 1.82) is 0 Å². The summed E-state index contributed by atoms with van der Waals surface area (Å²) >= 11 is 11.9. The Kier molecular flexibility index (Phi) is 7.87. The van der Waals surface area contributed by atoms with Gasteiger partial charge in [0, 0.05) is 16.6 Å². The fourth-order valence-electron chi connectivity index (χ4n) is 2.80. The van der Waals surface area contributed by atoms with E-state index in [1.54, 1.807) is 36.4 Å². The molecule has 3 aromatic carbocycles. The maximum absolute atomic E-state index is 13.2. The number of aromatic hydroxyl groups is 1. The highest BCUT2D eigenvalue weighted by molar-refractivity contribution is 7.89. The summed E-state index contributed by atoms with van der Waals surface area (Å²) < 4.78 is 27.4. The van der Waals surface area contributed by atoms with Gasteiger partial charge in [-0.05, 0) is 59.7 Å². The van der Waals surface area contributed by atoms with Gasteiger partial charge in [-0.1, -0.05) is 47.5 Å². The Labute approximate surface area is 196 Å². The van der Waals surface area contributed by atoms with E-state index < -0.39 is 22.5 Å². The molecule has 1 amide bonds. The molecule has 0 fully saturated rings. The molecule has 0 atom stereocenters. The highest BCUT2D eigenvalue weighted by Gasteiger charge is 2.27. The number of phenols is 1. The van der Waals surface area contributed by atoms with Gasteiger partial charge in [0.2, 0.25) is 10.0 Å². The molecule has 0 radical (unpaired) electrons. The number of hydrogen-bond acceptors (Lipinski definition) is 5. The summed E-state index contributed by atoms with van der Waals surface area (Å²) in [5.74, 6) is -0.581. The second-order valence-electron chi connectivity index (χ2n) is 6.75. The van der Waals surface area contributed by atoms with Gasteiger partial charge in [-0.2, -0.15) is 9.41 Å². The molecule has 10 heteroatoms. The maximum Gasteiger partial charge on any atom is 0.255 e. The molecule has 3 aromatic rings. The Bertz CT molecular complexity index is 1230. The monoisotopic (exact) mass is 491 g/mol. The molecular formula is C22H19Cl2N3O4S. The quantitative estimate of drug-likeness (QED) is 0.366. The van der Waals surface area contributed by atoms with Crippen LogP contribution in [0.3, 0.4) is 0 Å². The first-order chi connectivity index (χ1) is 15.2. The van der Waals surface area contributed by atoms with E-state index in [4.69, 9.17) is 23.2 Å². The summed E-state index contributed by atoms with van der Waals surface area (Å²) in [5.41, 5.74) is 3.49. The molecule has 0 saturated carbocycles. The molecule has 0 saturated heterocycles. The second kappa shape index (κ2) is 10.6. The minimum Gasteiger partial charge on any atom is -0.508 e. The number of nitrogens with zero attached hydrogens (tertiary/aromatic N) is 2. The first-order valence-electron chi connectivity index (χ1n) is 9.35. The molecule has 32 heavy (non-hydrogen) atoms. The fraction of sp³-hybridized carbons (Fsp3) is 0.0909. The number of amides is 1. The summed E-state index contributed by atoms with van der Waals surface area (Å²) in [6.07, 6.45) is 1.34. The number of carbonyl (C=O) groups excluding carboxylic acids is 1. The number of sulfonamides is 1. The van der Waals surface area contributed by atoms with Crippen LogP contribution in [0.15, 0.2) is 82.8 Å². The summed E-state index contributed by atoms with van der Waals surface area (Å²) in [6.45, 7) is -0.552. The number of rotatable bonds is 8. The van der Waals surface area contributed by atoms with Crippen LogP contribution in [-0.2, 0) is 21.4 Å². The fourth-order valence-corrected chi connectivity index (χ4v) is 4.52. The lowest BCUT2D eigenvalue weighted by molar-refractivity contribution is -0.121. The number of halogens is 2. The summed E-state index contributed by atoms with van der Waals surface area (Å²) in [6, 6.07) is 18.7. The lowest BCUT2D eigenvalue weighted by Crippen LogP contribution is -2.39. The zero-order chi connectivity index (χ0) is 23.1. The van der Waals surface area contributed by atoms with Crippen LogP contribution in [0.25, 0.3) is 0 Å². The molecule has 0 aliphatic rings. The smallest absolute Gasteiger partial charge is 0.255 e. The third kappa shape index (κ3) is 6.54. The van der Waals surface area contributed by atoms with Crippen molar-refractivity contribution >= 4 is 45.3 Å². The standard InChI is InChI=1S/C22H19Cl2N3O4S/c23-18-7-9-21(10-8-18)32(30,31)27(14-17-4-1-5-19(24)11-17)15-22(29)26-25-13-16-3-2-6-20(28)12-16/h1-13,28H,14-15H2,(H,26,29)/b25-13-. The van der Waals surface area contributed by atoms with Gasteiger partial charge in [-0.3, -0.25) is 4.79 Å². The summed E-state index contributed by atoms with van der Waals surface area (Å²) in [7, 11) is -4.02. The van der Waals surface area contributed by atoms with Crippen molar-refractivity contribution in [1.82, 2.24) is 9.73 Å². The Hall–Kier alpha value is -2.91. The molecule has 0 aromatic heterocycles. The Balaban J connectivity index is 1.80.